The number of hydrogen-bond acceptors (Lipinski definition) is 1. The molecule has 0 saturated heterocycles. The third-order valence-corrected chi connectivity index (χ3v) is 3.30. The molecule has 0 saturated carbocycles. The molecule has 1 aromatic heterocycles. The number of benzene rings is 1. The highest BCUT2D eigenvalue weighted by Gasteiger charge is 2.05. The summed E-state index contributed by atoms with van der Waals surface area (Å²) in [4.78, 5) is 19.2. The van der Waals surface area contributed by atoms with Gasteiger partial charge in [-0.2, -0.15) is 4.99 Å². The van der Waals surface area contributed by atoms with Gasteiger partial charge in [-0.15, -0.1) is 0 Å². The molecular weight excluding hydrogens is 269 g/mol. The number of hydrogen-bond donors (Lipinski definition) is 1. The van der Waals surface area contributed by atoms with Gasteiger partial charge in [-0.25, -0.2) is 4.39 Å². The van der Waals surface area contributed by atoms with Crippen molar-refractivity contribution in [2.24, 2.45) is 12.0 Å². The van der Waals surface area contributed by atoms with Gasteiger partial charge in [0.1, 0.15) is 5.82 Å². The summed E-state index contributed by atoms with van der Waals surface area (Å²) in [6, 6.07) is 5.39. The number of amides is 1. The summed E-state index contributed by atoms with van der Waals surface area (Å²) in [7, 11) is 1.84. The van der Waals surface area contributed by atoms with Gasteiger partial charge < -0.3 is 9.55 Å². The molecule has 1 N–H and O–H groups in total. The molecule has 2 rings (SSSR count). The van der Waals surface area contributed by atoms with Gasteiger partial charge >= 0.3 is 0 Å². The van der Waals surface area contributed by atoms with Crippen LogP contribution in [-0.4, -0.2) is 15.5 Å². The van der Waals surface area contributed by atoms with E-state index >= 15 is 0 Å². The second-order valence-corrected chi connectivity index (χ2v) is 5.09. The van der Waals surface area contributed by atoms with Crippen molar-refractivity contribution < 1.29 is 9.18 Å². The van der Waals surface area contributed by atoms with E-state index in [2.05, 4.69) is 16.9 Å². The van der Waals surface area contributed by atoms with E-state index in [1.54, 1.807) is 4.57 Å². The average molecular weight is 289 g/mol. The lowest BCUT2D eigenvalue weighted by Crippen LogP contribution is -2.17. The molecule has 0 spiro atoms. The van der Waals surface area contributed by atoms with Crippen LogP contribution in [0.25, 0.3) is 0 Å². The first kappa shape index (κ1) is 15.2. The second kappa shape index (κ2) is 7.02. The minimum absolute atomic E-state index is 0.366. The quantitative estimate of drug-likeness (QED) is 0.845. The molecule has 0 aliphatic rings. The van der Waals surface area contributed by atoms with Crippen molar-refractivity contribution in [3.63, 3.8) is 0 Å². The lowest BCUT2D eigenvalue weighted by Gasteiger charge is -1.95. The van der Waals surface area contributed by atoms with Crippen molar-refractivity contribution in [3.8, 4) is 0 Å². The number of carbonyl (C=O) groups is 1. The first-order chi connectivity index (χ1) is 10.1. The topological polar surface area (TPSA) is 50.1 Å². The zero-order valence-electron chi connectivity index (χ0n) is 12.4. The predicted molar refractivity (Wildman–Crippen MR) is 79.3 cm³/mol. The lowest BCUT2D eigenvalue weighted by molar-refractivity contribution is 0.0996. The molecule has 2 aromatic rings. The molecule has 0 aliphatic heterocycles. The van der Waals surface area contributed by atoms with Crippen LogP contribution in [-0.2, 0) is 13.5 Å². The number of aromatic nitrogens is 2. The summed E-state index contributed by atoms with van der Waals surface area (Å²) in [5.41, 5.74) is 1.95. The summed E-state index contributed by atoms with van der Waals surface area (Å²) in [6.07, 6.45) is 6.37. The summed E-state index contributed by atoms with van der Waals surface area (Å²) >= 11 is 0. The Morgan fingerprint density at radius 2 is 2.00 bits per heavy atom. The van der Waals surface area contributed by atoms with Crippen molar-refractivity contribution >= 4 is 5.91 Å². The minimum Gasteiger partial charge on any atom is -0.328 e. The van der Waals surface area contributed by atoms with Crippen LogP contribution in [0.15, 0.2) is 35.5 Å². The zero-order valence-corrected chi connectivity index (χ0v) is 12.4. The summed E-state index contributed by atoms with van der Waals surface area (Å²) < 4.78 is 14.6. The van der Waals surface area contributed by atoms with E-state index in [9.17, 15) is 9.18 Å². The first-order valence-electron chi connectivity index (χ1n) is 7.19. The standard InChI is InChI=1S/C16H20FN3O/c1-3-4-5-6-14-11-20(2)16(18-14)19-15(21)12-7-9-13(17)10-8-12/h7-11H,3-6H2,1-2H3,(H,18,19,21). The fourth-order valence-electron chi connectivity index (χ4n) is 2.11. The van der Waals surface area contributed by atoms with Crippen LogP contribution >= 0.6 is 0 Å². The van der Waals surface area contributed by atoms with Crippen molar-refractivity contribution in [2.45, 2.75) is 32.6 Å². The van der Waals surface area contributed by atoms with Gasteiger partial charge in [0, 0.05) is 24.5 Å². The van der Waals surface area contributed by atoms with E-state index in [0.29, 0.717) is 11.2 Å². The number of nitrogens with zero attached hydrogens (tertiary/aromatic N) is 2. The molecule has 0 unspecified atom stereocenters. The van der Waals surface area contributed by atoms with Crippen LogP contribution in [0.2, 0.25) is 0 Å². The molecule has 1 aromatic carbocycles. The van der Waals surface area contributed by atoms with Crippen LogP contribution < -0.4 is 5.62 Å². The third-order valence-electron chi connectivity index (χ3n) is 3.30. The van der Waals surface area contributed by atoms with Crippen molar-refractivity contribution in [2.75, 3.05) is 0 Å². The van der Waals surface area contributed by atoms with E-state index < -0.39 is 0 Å². The Morgan fingerprint density at radius 1 is 1.29 bits per heavy atom. The Bertz CT molecular complexity index is 668. The van der Waals surface area contributed by atoms with E-state index in [4.69, 9.17) is 0 Å². The van der Waals surface area contributed by atoms with Crippen LogP contribution in [0.1, 0.15) is 42.2 Å². The number of aromatic amines is 1. The van der Waals surface area contributed by atoms with Crippen LogP contribution in [0.5, 0.6) is 0 Å². The van der Waals surface area contributed by atoms with E-state index in [1.807, 2.05) is 13.2 Å². The van der Waals surface area contributed by atoms with Gasteiger partial charge in [-0.05, 0) is 37.1 Å². The summed E-state index contributed by atoms with van der Waals surface area (Å²) in [6.45, 7) is 2.16. The average Bonchev–Trinajstić information content (AvgIpc) is 2.80. The molecule has 5 heteroatoms. The van der Waals surface area contributed by atoms with E-state index in [0.717, 1.165) is 18.5 Å². The van der Waals surface area contributed by atoms with Crippen LogP contribution in [0, 0.1) is 5.82 Å². The van der Waals surface area contributed by atoms with Crippen molar-refractivity contribution in [1.82, 2.24) is 9.55 Å². The van der Waals surface area contributed by atoms with Crippen molar-refractivity contribution in [3.05, 3.63) is 53.2 Å². The number of H-pyrrole nitrogens is 1. The van der Waals surface area contributed by atoms with Gasteiger partial charge in [0.05, 0.1) is 0 Å². The molecule has 0 aliphatic carbocycles. The Kier molecular flexibility index (Phi) is 5.09. The number of rotatable bonds is 5. The fourth-order valence-corrected chi connectivity index (χ4v) is 2.11. The summed E-state index contributed by atoms with van der Waals surface area (Å²) in [5, 5.41) is 0. The maximum atomic E-state index is 12.8. The first-order valence-corrected chi connectivity index (χ1v) is 7.19. The number of aryl methyl sites for hydroxylation is 2. The fraction of sp³-hybridized carbons (Fsp3) is 0.375. The second-order valence-electron chi connectivity index (χ2n) is 5.09. The van der Waals surface area contributed by atoms with Gasteiger partial charge in [0.15, 0.2) is 0 Å². The normalized spacial score (nSPS) is 11.9. The largest absolute Gasteiger partial charge is 0.328 e. The molecule has 0 fully saturated rings. The SMILES string of the molecule is CCCCCc1cn(C)/c(=N/C(=O)c2ccc(F)cc2)[nH]1. The maximum Gasteiger partial charge on any atom is 0.280 e. The van der Waals surface area contributed by atoms with Gasteiger partial charge in [0.25, 0.3) is 5.91 Å². The number of imidazole rings is 1. The Balaban J connectivity index is 2.16. The monoisotopic (exact) mass is 289 g/mol. The lowest BCUT2D eigenvalue weighted by atomic mass is 10.2. The van der Waals surface area contributed by atoms with Gasteiger partial charge in [0.2, 0.25) is 5.62 Å². The predicted octanol–water partition coefficient (Wildman–Crippen LogP) is 2.97. The third kappa shape index (κ3) is 4.15. The van der Waals surface area contributed by atoms with Gasteiger partial charge in [-0.1, -0.05) is 19.8 Å². The highest BCUT2D eigenvalue weighted by molar-refractivity contribution is 5.94. The van der Waals surface area contributed by atoms with Crippen LogP contribution in [0.4, 0.5) is 4.39 Å². The highest BCUT2D eigenvalue weighted by atomic mass is 19.1. The number of carbonyl (C=O) groups excluding carboxylic acids is 1. The Labute approximate surface area is 123 Å². The molecule has 21 heavy (non-hydrogen) atoms. The molecule has 4 nitrogen and oxygen atoms in total. The van der Waals surface area contributed by atoms with Gasteiger partial charge in [-0.3, -0.25) is 4.79 Å². The molecule has 0 bridgehead atoms. The van der Waals surface area contributed by atoms with E-state index in [-0.39, 0.29) is 11.7 Å². The molecule has 1 heterocycles. The molecule has 112 valence electrons. The zero-order chi connectivity index (χ0) is 15.2. The van der Waals surface area contributed by atoms with E-state index in [1.165, 1.54) is 37.1 Å². The molecule has 0 radical (unpaired) electrons. The highest BCUT2D eigenvalue weighted by Crippen LogP contribution is 2.04. The Hall–Kier alpha value is -2.17. The van der Waals surface area contributed by atoms with Crippen LogP contribution in [0.3, 0.4) is 0 Å². The maximum absolute atomic E-state index is 12.8. The van der Waals surface area contributed by atoms with Crippen molar-refractivity contribution in [1.29, 1.82) is 0 Å². The smallest absolute Gasteiger partial charge is 0.280 e. The Morgan fingerprint density at radius 3 is 2.67 bits per heavy atom. The number of halogens is 1. The molecular formula is C16H20FN3O. The summed E-state index contributed by atoms with van der Waals surface area (Å²) in [5.74, 6) is -0.747. The number of nitrogens with one attached hydrogen (secondary N) is 1. The molecule has 1 amide bonds. The minimum atomic E-state index is -0.382. The number of unbranched alkanes of at least 4 members (excludes halogenated alkanes) is 2. The molecule has 0 atom stereocenters.